The second-order valence-electron chi connectivity index (χ2n) is 11.4. The predicted octanol–water partition coefficient (Wildman–Crippen LogP) is 11.1. The molecular weight excluding hydrogens is 420 g/mol. The number of hydrogen-bond acceptors (Lipinski definition) is 0. The molecule has 2 unspecified atom stereocenters. The molecule has 2 aromatic carbocycles. The first-order chi connectivity index (χ1) is 16.6. The van der Waals surface area contributed by atoms with Gasteiger partial charge in [0.15, 0.2) is 0 Å². The van der Waals surface area contributed by atoms with Crippen molar-refractivity contribution < 1.29 is 0 Å². The van der Waals surface area contributed by atoms with Crippen molar-refractivity contribution in [3.05, 3.63) is 89.0 Å². The lowest BCUT2D eigenvalue weighted by molar-refractivity contribution is 0.529. The molecule has 0 heterocycles. The maximum Gasteiger partial charge on any atom is -0.00635 e. The van der Waals surface area contributed by atoms with Crippen LogP contribution in [0.25, 0.3) is 16.7 Å². The highest BCUT2D eigenvalue weighted by atomic mass is 14.3. The normalized spacial score (nSPS) is 18.8. The Hall–Kier alpha value is -2.34. The molecule has 0 aliphatic heterocycles. The van der Waals surface area contributed by atoms with Crippen LogP contribution in [0, 0.1) is 18.8 Å². The molecule has 0 N–H and O–H groups in total. The van der Waals surface area contributed by atoms with E-state index in [1.165, 1.54) is 64.6 Å². The predicted molar refractivity (Wildman–Crippen MR) is 159 cm³/mol. The number of benzene rings is 2. The SMILES string of the molecule is C=C(CC1=CC=C2CC(C)CC2C1)c1ccc(C)cc1-c1ccc(C(C)(C)C)cc1.CC.CCC. The Labute approximate surface area is 217 Å². The summed E-state index contributed by atoms with van der Waals surface area (Å²) < 4.78 is 0. The molecule has 0 amide bonds. The van der Waals surface area contributed by atoms with Crippen LogP contribution in [0.4, 0.5) is 0 Å². The van der Waals surface area contributed by atoms with E-state index in [1.807, 2.05) is 13.8 Å². The first kappa shape index (κ1) is 28.9. The van der Waals surface area contributed by atoms with Crippen molar-refractivity contribution in [2.45, 2.75) is 99.8 Å². The summed E-state index contributed by atoms with van der Waals surface area (Å²) in [4.78, 5) is 0. The highest BCUT2D eigenvalue weighted by Crippen LogP contribution is 2.43. The van der Waals surface area contributed by atoms with E-state index in [0.717, 1.165) is 18.3 Å². The minimum absolute atomic E-state index is 0.176. The molecule has 190 valence electrons. The molecule has 0 nitrogen and oxygen atoms in total. The summed E-state index contributed by atoms with van der Waals surface area (Å²) in [5, 5.41) is 0. The fourth-order valence-electron chi connectivity index (χ4n) is 5.17. The zero-order valence-electron chi connectivity index (χ0n) is 24.1. The van der Waals surface area contributed by atoms with Crippen LogP contribution < -0.4 is 0 Å². The molecule has 0 aromatic heterocycles. The highest BCUT2D eigenvalue weighted by Gasteiger charge is 2.28. The van der Waals surface area contributed by atoms with Crippen molar-refractivity contribution in [3.63, 3.8) is 0 Å². The van der Waals surface area contributed by atoms with Crippen LogP contribution in [0.3, 0.4) is 0 Å². The molecule has 1 fully saturated rings. The van der Waals surface area contributed by atoms with Gasteiger partial charge in [-0.25, -0.2) is 0 Å². The van der Waals surface area contributed by atoms with Crippen LogP contribution in [0.5, 0.6) is 0 Å². The van der Waals surface area contributed by atoms with Crippen LogP contribution in [-0.4, -0.2) is 0 Å². The van der Waals surface area contributed by atoms with Crippen molar-refractivity contribution in [1.82, 2.24) is 0 Å². The third-order valence-corrected chi connectivity index (χ3v) is 6.90. The van der Waals surface area contributed by atoms with Gasteiger partial charge in [0.25, 0.3) is 0 Å². The topological polar surface area (TPSA) is 0 Å². The first-order valence-corrected chi connectivity index (χ1v) is 13.9. The molecule has 2 aromatic rings. The maximum absolute atomic E-state index is 4.53. The van der Waals surface area contributed by atoms with Crippen molar-refractivity contribution >= 4 is 5.57 Å². The van der Waals surface area contributed by atoms with E-state index in [1.54, 1.807) is 5.57 Å². The lowest BCUT2D eigenvalue weighted by Gasteiger charge is -2.22. The summed E-state index contributed by atoms with van der Waals surface area (Å²) in [7, 11) is 0. The van der Waals surface area contributed by atoms with Gasteiger partial charge < -0.3 is 0 Å². The number of aryl methyl sites for hydroxylation is 1. The van der Waals surface area contributed by atoms with Crippen molar-refractivity contribution in [1.29, 1.82) is 0 Å². The minimum Gasteiger partial charge on any atom is -0.0949 e. The van der Waals surface area contributed by atoms with Crippen LogP contribution in [0.2, 0.25) is 0 Å². The molecule has 0 spiro atoms. The summed E-state index contributed by atoms with van der Waals surface area (Å²) in [6.07, 6.45) is 10.9. The van der Waals surface area contributed by atoms with Crippen LogP contribution in [0.15, 0.2) is 72.3 Å². The number of allylic oxidation sites excluding steroid dienone is 5. The van der Waals surface area contributed by atoms with Crippen LogP contribution in [-0.2, 0) is 5.41 Å². The summed E-state index contributed by atoms with van der Waals surface area (Å²) in [6.45, 7) is 24.2. The largest absolute Gasteiger partial charge is 0.0949 e. The fourth-order valence-corrected chi connectivity index (χ4v) is 5.17. The molecule has 0 bridgehead atoms. The summed E-state index contributed by atoms with van der Waals surface area (Å²) in [6, 6.07) is 15.9. The van der Waals surface area contributed by atoms with E-state index in [0.29, 0.717) is 0 Å². The van der Waals surface area contributed by atoms with E-state index in [2.05, 4.69) is 110 Å². The van der Waals surface area contributed by atoms with Crippen molar-refractivity contribution in [2.75, 3.05) is 0 Å². The summed E-state index contributed by atoms with van der Waals surface area (Å²) in [5.74, 6) is 1.62. The maximum atomic E-state index is 4.53. The van der Waals surface area contributed by atoms with Gasteiger partial charge in [0.1, 0.15) is 0 Å². The molecule has 0 saturated heterocycles. The van der Waals surface area contributed by atoms with Gasteiger partial charge in [-0.05, 0) is 77.7 Å². The molecule has 2 aliphatic carbocycles. The fraction of sp³-hybridized carbons (Fsp3) is 0.486. The summed E-state index contributed by atoms with van der Waals surface area (Å²) >= 11 is 0. The van der Waals surface area contributed by atoms with Crippen LogP contribution in [0.1, 0.15) is 104 Å². The van der Waals surface area contributed by atoms with E-state index in [9.17, 15) is 0 Å². The van der Waals surface area contributed by atoms with Gasteiger partial charge in [0.05, 0.1) is 0 Å². The first-order valence-electron chi connectivity index (χ1n) is 13.9. The van der Waals surface area contributed by atoms with Gasteiger partial charge in [-0.1, -0.05) is 140 Å². The summed E-state index contributed by atoms with van der Waals surface area (Å²) in [5.41, 5.74) is 11.2. The Kier molecular flexibility index (Phi) is 10.8. The third kappa shape index (κ3) is 7.83. The van der Waals surface area contributed by atoms with Crippen LogP contribution >= 0.6 is 0 Å². The second-order valence-corrected chi connectivity index (χ2v) is 11.4. The molecule has 2 aliphatic rings. The van der Waals surface area contributed by atoms with Gasteiger partial charge in [-0.3, -0.25) is 0 Å². The van der Waals surface area contributed by atoms with Gasteiger partial charge in [-0.15, -0.1) is 0 Å². The smallest absolute Gasteiger partial charge is 0.00635 e. The Morgan fingerprint density at radius 2 is 1.57 bits per heavy atom. The molecule has 2 atom stereocenters. The quantitative estimate of drug-likeness (QED) is 0.417. The van der Waals surface area contributed by atoms with Gasteiger partial charge >= 0.3 is 0 Å². The molecule has 4 rings (SSSR count). The number of fused-ring (bicyclic) bond motifs is 1. The van der Waals surface area contributed by atoms with Crippen molar-refractivity contribution in [3.8, 4) is 11.1 Å². The standard InChI is InChI=1S/C30H36.C3H8.C2H6/c1-20-7-14-28(29(17-20)24-10-12-27(13-11-24)30(4,5)6)22(3)18-23-8-9-25-15-21(2)16-26(25)19-23;1-3-2;1-2/h7-14,17,21,26H,3,15-16,18-19H2,1-2,4-6H3;3H2,1-2H3;1-2H3. The zero-order valence-corrected chi connectivity index (χ0v) is 24.1. The Bertz CT molecular complexity index is 1020. The molecule has 35 heavy (non-hydrogen) atoms. The van der Waals surface area contributed by atoms with E-state index < -0.39 is 0 Å². The molecule has 0 radical (unpaired) electrons. The highest BCUT2D eigenvalue weighted by molar-refractivity contribution is 5.82. The average molecular weight is 471 g/mol. The number of hydrogen-bond donors (Lipinski definition) is 0. The Morgan fingerprint density at radius 3 is 2.17 bits per heavy atom. The van der Waals surface area contributed by atoms with E-state index >= 15 is 0 Å². The molecule has 0 heteroatoms. The lowest BCUT2D eigenvalue weighted by atomic mass is 9.83. The molecule has 1 saturated carbocycles. The van der Waals surface area contributed by atoms with E-state index in [-0.39, 0.29) is 5.41 Å². The number of rotatable bonds is 4. The van der Waals surface area contributed by atoms with Gasteiger partial charge in [-0.2, -0.15) is 0 Å². The van der Waals surface area contributed by atoms with Crippen molar-refractivity contribution in [2.24, 2.45) is 11.8 Å². The Morgan fingerprint density at radius 1 is 0.943 bits per heavy atom. The second kappa shape index (κ2) is 13.1. The zero-order chi connectivity index (χ0) is 26.2. The Balaban J connectivity index is 0.000000803. The average Bonchev–Trinajstić information content (AvgIpc) is 3.19. The van der Waals surface area contributed by atoms with Gasteiger partial charge in [0.2, 0.25) is 0 Å². The lowest BCUT2D eigenvalue weighted by Crippen LogP contribution is -2.10. The minimum atomic E-state index is 0.176. The molecular formula is C35H50. The third-order valence-electron chi connectivity index (χ3n) is 6.90. The van der Waals surface area contributed by atoms with Gasteiger partial charge in [0, 0.05) is 0 Å². The monoisotopic (exact) mass is 470 g/mol. The van der Waals surface area contributed by atoms with E-state index in [4.69, 9.17) is 0 Å².